The molecule has 0 unspecified atom stereocenters. The summed E-state index contributed by atoms with van der Waals surface area (Å²) < 4.78 is 8.96. The number of aryl methyl sites for hydroxylation is 1. The third-order valence-corrected chi connectivity index (χ3v) is 2.09. The topological polar surface area (TPSA) is 47.0 Å². The van der Waals surface area contributed by atoms with Gasteiger partial charge in [0.15, 0.2) is 0 Å². The van der Waals surface area contributed by atoms with Crippen LogP contribution in [0.5, 0.6) is 0 Å². The zero-order valence-electron chi connectivity index (χ0n) is 7.33. The average Bonchev–Trinajstić information content (AvgIpc) is 2.45. The SMILES string of the molecule is COCCCNc1nc(C)ns1. The maximum atomic E-state index is 4.91. The van der Waals surface area contributed by atoms with Crippen molar-refractivity contribution >= 4 is 16.7 Å². The van der Waals surface area contributed by atoms with E-state index in [9.17, 15) is 0 Å². The summed E-state index contributed by atoms with van der Waals surface area (Å²) in [6.45, 7) is 3.56. The molecule has 12 heavy (non-hydrogen) atoms. The van der Waals surface area contributed by atoms with Crippen molar-refractivity contribution in [2.24, 2.45) is 0 Å². The first-order chi connectivity index (χ1) is 5.83. The van der Waals surface area contributed by atoms with Gasteiger partial charge < -0.3 is 10.1 Å². The molecule has 0 aliphatic heterocycles. The lowest BCUT2D eigenvalue weighted by atomic mass is 10.4. The lowest BCUT2D eigenvalue weighted by molar-refractivity contribution is 0.198. The highest BCUT2D eigenvalue weighted by Gasteiger charge is 1.96. The van der Waals surface area contributed by atoms with E-state index in [0.717, 1.165) is 30.5 Å². The van der Waals surface area contributed by atoms with E-state index in [4.69, 9.17) is 4.74 Å². The van der Waals surface area contributed by atoms with Gasteiger partial charge in [0.05, 0.1) is 0 Å². The van der Waals surface area contributed by atoms with Crippen LogP contribution >= 0.6 is 11.5 Å². The molecule has 0 atom stereocenters. The van der Waals surface area contributed by atoms with Crippen molar-refractivity contribution in [2.45, 2.75) is 13.3 Å². The summed E-state index contributed by atoms with van der Waals surface area (Å²) in [5.41, 5.74) is 0. The van der Waals surface area contributed by atoms with Crippen molar-refractivity contribution in [3.05, 3.63) is 5.82 Å². The van der Waals surface area contributed by atoms with Gasteiger partial charge in [-0.15, -0.1) is 0 Å². The molecule has 0 bridgehead atoms. The number of hydrogen-bond acceptors (Lipinski definition) is 5. The van der Waals surface area contributed by atoms with Gasteiger partial charge >= 0.3 is 0 Å². The molecule has 4 nitrogen and oxygen atoms in total. The van der Waals surface area contributed by atoms with Crippen LogP contribution in [0.3, 0.4) is 0 Å². The van der Waals surface area contributed by atoms with Crippen LogP contribution in [0.4, 0.5) is 5.13 Å². The van der Waals surface area contributed by atoms with Gasteiger partial charge in [-0.1, -0.05) is 0 Å². The number of anilines is 1. The Morgan fingerprint density at radius 2 is 2.42 bits per heavy atom. The van der Waals surface area contributed by atoms with E-state index in [2.05, 4.69) is 14.7 Å². The predicted octanol–water partition coefficient (Wildman–Crippen LogP) is 1.29. The monoisotopic (exact) mass is 187 g/mol. The molecule has 0 spiro atoms. The lowest BCUT2D eigenvalue weighted by Crippen LogP contribution is -2.04. The van der Waals surface area contributed by atoms with Crippen LogP contribution in [0.2, 0.25) is 0 Å². The summed E-state index contributed by atoms with van der Waals surface area (Å²) in [6, 6.07) is 0. The van der Waals surface area contributed by atoms with Gasteiger partial charge in [-0.25, -0.2) is 4.98 Å². The smallest absolute Gasteiger partial charge is 0.202 e. The standard InChI is InChI=1S/C7H13N3OS/c1-6-9-7(12-10-6)8-4-3-5-11-2/h3-5H2,1-2H3,(H,8,9,10). The molecule has 68 valence electrons. The van der Waals surface area contributed by atoms with E-state index in [1.54, 1.807) is 7.11 Å². The van der Waals surface area contributed by atoms with Crippen LogP contribution in [0.25, 0.3) is 0 Å². The number of nitrogens with one attached hydrogen (secondary N) is 1. The molecule has 0 saturated heterocycles. The van der Waals surface area contributed by atoms with Crippen molar-refractivity contribution in [2.75, 3.05) is 25.6 Å². The molecule has 1 N–H and O–H groups in total. The Bertz CT molecular complexity index is 226. The fourth-order valence-electron chi connectivity index (χ4n) is 0.781. The van der Waals surface area contributed by atoms with Crippen molar-refractivity contribution in [3.8, 4) is 0 Å². The molecule has 0 aromatic carbocycles. The van der Waals surface area contributed by atoms with Gasteiger partial charge in [-0.2, -0.15) is 4.37 Å². The summed E-state index contributed by atoms with van der Waals surface area (Å²) in [5, 5.41) is 4.06. The normalized spacial score (nSPS) is 10.2. The molecule has 1 aromatic rings. The van der Waals surface area contributed by atoms with E-state index in [1.807, 2.05) is 6.92 Å². The first-order valence-corrected chi connectivity index (χ1v) is 4.63. The van der Waals surface area contributed by atoms with E-state index >= 15 is 0 Å². The molecule has 0 aliphatic rings. The fraction of sp³-hybridized carbons (Fsp3) is 0.714. The van der Waals surface area contributed by atoms with Gasteiger partial charge in [0.1, 0.15) is 5.82 Å². The van der Waals surface area contributed by atoms with Gasteiger partial charge in [0.25, 0.3) is 0 Å². The van der Waals surface area contributed by atoms with Crippen LogP contribution in [0.1, 0.15) is 12.2 Å². The fourth-order valence-corrected chi connectivity index (χ4v) is 1.38. The molecule has 0 aliphatic carbocycles. The van der Waals surface area contributed by atoms with Crippen LogP contribution < -0.4 is 5.32 Å². The number of methoxy groups -OCH3 is 1. The lowest BCUT2D eigenvalue weighted by Gasteiger charge is -1.99. The Labute approximate surface area is 76.1 Å². The number of nitrogens with zero attached hydrogens (tertiary/aromatic N) is 2. The molecular formula is C7H13N3OS. The quantitative estimate of drug-likeness (QED) is 0.706. The second kappa shape index (κ2) is 5.05. The molecule has 1 aromatic heterocycles. The maximum Gasteiger partial charge on any atom is 0.202 e. The third kappa shape index (κ3) is 3.15. The Morgan fingerprint density at radius 1 is 1.58 bits per heavy atom. The second-order valence-electron chi connectivity index (χ2n) is 2.42. The highest BCUT2D eigenvalue weighted by molar-refractivity contribution is 7.09. The number of hydrogen-bond donors (Lipinski definition) is 1. The molecule has 5 heteroatoms. The van der Waals surface area contributed by atoms with Crippen molar-refractivity contribution in [1.82, 2.24) is 9.36 Å². The molecule has 0 radical (unpaired) electrons. The summed E-state index contributed by atoms with van der Waals surface area (Å²) in [5.74, 6) is 0.828. The minimum Gasteiger partial charge on any atom is -0.385 e. The molecule has 0 amide bonds. The molecule has 0 fully saturated rings. The zero-order chi connectivity index (χ0) is 8.81. The number of rotatable bonds is 5. The van der Waals surface area contributed by atoms with Gasteiger partial charge in [0, 0.05) is 31.8 Å². The molecule has 0 saturated carbocycles. The largest absolute Gasteiger partial charge is 0.385 e. The van der Waals surface area contributed by atoms with Crippen molar-refractivity contribution in [3.63, 3.8) is 0 Å². The highest BCUT2D eigenvalue weighted by atomic mass is 32.1. The highest BCUT2D eigenvalue weighted by Crippen LogP contribution is 2.09. The summed E-state index contributed by atoms with van der Waals surface area (Å²) in [7, 11) is 1.70. The van der Waals surface area contributed by atoms with Crippen LogP contribution in [-0.2, 0) is 4.74 Å². The van der Waals surface area contributed by atoms with Crippen LogP contribution in [-0.4, -0.2) is 29.6 Å². The minimum absolute atomic E-state index is 0.783. The number of aromatic nitrogens is 2. The first-order valence-electron chi connectivity index (χ1n) is 3.86. The van der Waals surface area contributed by atoms with E-state index in [1.165, 1.54) is 11.5 Å². The predicted molar refractivity (Wildman–Crippen MR) is 49.6 cm³/mol. The van der Waals surface area contributed by atoms with Gasteiger partial charge in [-0.05, 0) is 13.3 Å². The van der Waals surface area contributed by atoms with Gasteiger partial charge in [0.2, 0.25) is 5.13 Å². The zero-order valence-corrected chi connectivity index (χ0v) is 8.15. The second-order valence-corrected chi connectivity index (χ2v) is 3.17. The molecule has 1 heterocycles. The molecular weight excluding hydrogens is 174 g/mol. The summed E-state index contributed by atoms with van der Waals surface area (Å²) in [4.78, 5) is 4.16. The summed E-state index contributed by atoms with van der Waals surface area (Å²) >= 11 is 1.39. The Hall–Kier alpha value is -0.680. The van der Waals surface area contributed by atoms with E-state index in [-0.39, 0.29) is 0 Å². The van der Waals surface area contributed by atoms with E-state index < -0.39 is 0 Å². The van der Waals surface area contributed by atoms with Crippen molar-refractivity contribution < 1.29 is 4.74 Å². The van der Waals surface area contributed by atoms with Crippen LogP contribution in [0, 0.1) is 6.92 Å². The Kier molecular flexibility index (Phi) is 3.96. The Balaban J connectivity index is 2.15. The van der Waals surface area contributed by atoms with Gasteiger partial charge in [-0.3, -0.25) is 0 Å². The molecule has 1 rings (SSSR count). The summed E-state index contributed by atoms with van der Waals surface area (Å²) in [6.07, 6.45) is 0.995. The third-order valence-electron chi connectivity index (χ3n) is 1.33. The number of ether oxygens (including phenoxy) is 1. The maximum absolute atomic E-state index is 4.91. The van der Waals surface area contributed by atoms with Crippen LogP contribution in [0.15, 0.2) is 0 Å². The Morgan fingerprint density at radius 3 is 3.00 bits per heavy atom. The van der Waals surface area contributed by atoms with Crippen molar-refractivity contribution in [1.29, 1.82) is 0 Å². The first kappa shape index (κ1) is 9.41. The van der Waals surface area contributed by atoms with E-state index in [0.29, 0.717) is 0 Å². The minimum atomic E-state index is 0.783. The average molecular weight is 187 g/mol.